The molecule has 4 heterocycles. The van der Waals surface area contributed by atoms with E-state index in [1.54, 1.807) is 7.11 Å². The molecule has 2 N–H and O–H groups in total. The number of piperidine rings is 3. The van der Waals surface area contributed by atoms with Gasteiger partial charge in [0.15, 0.2) is 0 Å². The van der Waals surface area contributed by atoms with E-state index in [0.29, 0.717) is 25.0 Å². The number of aromatic nitrogens is 3. The van der Waals surface area contributed by atoms with Crippen LogP contribution in [0.3, 0.4) is 0 Å². The first-order valence-electron chi connectivity index (χ1n) is 10.8. The van der Waals surface area contributed by atoms with Crippen molar-refractivity contribution in [1.82, 2.24) is 30.5 Å². The number of rotatable bonds is 8. The molecule has 31 heavy (non-hydrogen) atoms. The fourth-order valence-corrected chi connectivity index (χ4v) is 4.68. The van der Waals surface area contributed by atoms with Gasteiger partial charge in [-0.25, -0.2) is 0 Å². The molecule has 1 aromatic heterocycles. The van der Waals surface area contributed by atoms with Crippen LogP contribution in [0, 0.1) is 11.8 Å². The quantitative estimate of drug-likeness (QED) is 0.609. The largest absolute Gasteiger partial charge is 0.497 e. The van der Waals surface area contributed by atoms with Crippen LogP contribution in [0.25, 0.3) is 11.3 Å². The molecular weight excluding hydrogens is 396 g/mol. The van der Waals surface area contributed by atoms with Crippen LogP contribution in [-0.4, -0.2) is 71.0 Å². The smallest absolute Gasteiger partial charge is 0.224 e. The highest BCUT2D eigenvalue weighted by molar-refractivity contribution is 5.79. The second-order valence-electron chi connectivity index (χ2n) is 8.37. The van der Waals surface area contributed by atoms with Gasteiger partial charge in [0, 0.05) is 38.2 Å². The Morgan fingerprint density at radius 1 is 1.19 bits per heavy atom. The summed E-state index contributed by atoms with van der Waals surface area (Å²) in [5.41, 5.74) is 1.85. The monoisotopic (exact) mass is 426 g/mol. The molecule has 9 heteroatoms. The summed E-state index contributed by atoms with van der Waals surface area (Å²) in [7, 11) is 1.65. The van der Waals surface area contributed by atoms with Gasteiger partial charge in [-0.15, -0.1) is 5.10 Å². The minimum Gasteiger partial charge on any atom is -0.497 e. The average Bonchev–Trinajstić information content (AvgIpc) is 3.25. The van der Waals surface area contributed by atoms with Crippen molar-refractivity contribution in [1.29, 1.82) is 0 Å². The maximum Gasteiger partial charge on any atom is 0.224 e. The molecule has 2 amide bonds. The highest BCUT2D eigenvalue weighted by atomic mass is 16.5. The van der Waals surface area contributed by atoms with Crippen LogP contribution in [0.4, 0.5) is 0 Å². The lowest BCUT2D eigenvalue weighted by atomic mass is 9.75. The third-order valence-corrected chi connectivity index (χ3v) is 6.34. The van der Waals surface area contributed by atoms with Crippen LogP contribution >= 0.6 is 0 Å². The predicted octanol–water partition coefficient (Wildman–Crippen LogP) is 0.916. The van der Waals surface area contributed by atoms with E-state index >= 15 is 0 Å². The van der Waals surface area contributed by atoms with E-state index in [2.05, 4.69) is 25.8 Å². The van der Waals surface area contributed by atoms with Gasteiger partial charge in [-0.3, -0.25) is 19.2 Å². The molecule has 3 aliphatic heterocycles. The number of methoxy groups -OCH3 is 1. The summed E-state index contributed by atoms with van der Waals surface area (Å²) in [6.45, 7) is 4.99. The Morgan fingerprint density at radius 3 is 2.65 bits per heavy atom. The van der Waals surface area contributed by atoms with Crippen LogP contribution in [-0.2, 0) is 16.1 Å². The Labute approximate surface area is 182 Å². The van der Waals surface area contributed by atoms with Gasteiger partial charge in [-0.05, 0) is 49.6 Å². The maximum absolute atomic E-state index is 12.6. The van der Waals surface area contributed by atoms with E-state index in [9.17, 15) is 9.59 Å². The summed E-state index contributed by atoms with van der Waals surface area (Å²) in [5.74, 6) is 1.24. The molecule has 166 valence electrons. The Hall–Kier alpha value is -2.94. The summed E-state index contributed by atoms with van der Waals surface area (Å²) in [4.78, 5) is 26.0. The number of carbonyl (C=O) groups excluding carboxylic acids is 2. The number of benzene rings is 1. The molecule has 0 radical (unpaired) electrons. The molecule has 0 aliphatic carbocycles. The first-order chi connectivity index (χ1) is 15.0. The number of nitrogens with zero attached hydrogens (tertiary/aromatic N) is 4. The van der Waals surface area contributed by atoms with Gasteiger partial charge >= 0.3 is 0 Å². The maximum atomic E-state index is 12.6. The van der Waals surface area contributed by atoms with E-state index in [-0.39, 0.29) is 17.7 Å². The van der Waals surface area contributed by atoms with E-state index in [4.69, 9.17) is 4.74 Å². The predicted molar refractivity (Wildman–Crippen MR) is 115 cm³/mol. The van der Waals surface area contributed by atoms with Crippen LogP contribution in [0.5, 0.6) is 5.75 Å². The Kier molecular flexibility index (Phi) is 6.50. The normalized spacial score (nSPS) is 24.6. The van der Waals surface area contributed by atoms with Gasteiger partial charge in [-0.2, -0.15) is 0 Å². The van der Waals surface area contributed by atoms with Gasteiger partial charge in [0.05, 0.1) is 25.8 Å². The number of ether oxygens (including phenoxy) is 1. The number of nitrogens with one attached hydrogen (secondary N) is 2. The molecule has 4 atom stereocenters. The number of hydrogen-bond donors (Lipinski definition) is 2. The third-order valence-electron chi connectivity index (χ3n) is 6.34. The minimum atomic E-state index is -0.0804. The van der Waals surface area contributed by atoms with Gasteiger partial charge in [0.25, 0.3) is 0 Å². The standard InChI is InChI=1S/C22H30N6O3/c1-15(29)23-8-9-24-22(30)20-13-27-10-7-17(20)11-18(27)12-28-14-21(25-26-28)16-3-5-19(31-2)6-4-16/h3-6,14,17-18,20H,7-13H2,1-2H3,(H,23,29)(H,24,30)/t17?,18-,20+/m1/s1. The summed E-state index contributed by atoms with van der Waals surface area (Å²) in [6, 6.07) is 8.17. The lowest BCUT2D eigenvalue weighted by molar-refractivity contribution is -0.133. The Balaban J connectivity index is 1.31. The lowest BCUT2D eigenvalue weighted by Crippen LogP contribution is -2.58. The molecule has 3 aliphatic rings. The van der Waals surface area contributed by atoms with Crippen molar-refractivity contribution in [3.63, 3.8) is 0 Å². The zero-order chi connectivity index (χ0) is 21.8. The number of amides is 2. The summed E-state index contributed by atoms with van der Waals surface area (Å²) < 4.78 is 7.12. The van der Waals surface area contributed by atoms with Crippen molar-refractivity contribution in [2.24, 2.45) is 11.8 Å². The van der Waals surface area contributed by atoms with Crippen LogP contribution in [0.1, 0.15) is 19.8 Å². The highest BCUT2D eigenvalue weighted by Crippen LogP contribution is 2.37. The zero-order valence-electron chi connectivity index (χ0n) is 18.1. The minimum absolute atomic E-state index is 0.0212. The molecule has 3 saturated heterocycles. The molecule has 0 saturated carbocycles. The zero-order valence-corrected chi connectivity index (χ0v) is 18.1. The highest BCUT2D eigenvalue weighted by Gasteiger charge is 2.43. The summed E-state index contributed by atoms with van der Waals surface area (Å²) in [6.07, 6.45) is 4.02. The van der Waals surface area contributed by atoms with Crippen LogP contribution in [0.15, 0.2) is 30.5 Å². The van der Waals surface area contributed by atoms with E-state index in [0.717, 1.165) is 49.5 Å². The lowest BCUT2D eigenvalue weighted by Gasteiger charge is -2.49. The SMILES string of the molecule is COc1ccc(-c2cn(C[C@H]3CC4CCN3C[C@@H]4C(=O)NCCNC(C)=O)nn2)cc1. The Bertz CT molecular complexity index is 912. The van der Waals surface area contributed by atoms with Gasteiger partial charge in [-0.1, -0.05) is 5.21 Å². The third kappa shape index (κ3) is 5.04. The molecule has 0 spiro atoms. The second kappa shape index (κ2) is 9.47. The molecule has 2 bridgehead atoms. The van der Waals surface area contributed by atoms with Crippen molar-refractivity contribution in [2.45, 2.75) is 32.4 Å². The van der Waals surface area contributed by atoms with E-state index < -0.39 is 0 Å². The topological polar surface area (TPSA) is 101 Å². The van der Waals surface area contributed by atoms with Crippen LogP contribution < -0.4 is 15.4 Å². The molecule has 2 aromatic rings. The second-order valence-corrected chi connectivity index (χ2v) is 8.37. The van der Waals surface area contributed by atoms with Crippen molar-refractivity contribution in [3.05, 3.63) is 30.5 Å². The van der Waals surface area contributed by atoms with Gasteiger partial charge in [0.1, 0.15) is 11.4 Å². The van der Waals surface area contributed by atoms with E-state index in [1.807, 2.05) is 35.1 Å². The molecule has 2 unspecified atom stereocenters. The summed E-state index contributed by atoms with van der Waals surface area (Å²) >= 11 is 0. The fourth-order valence-electron chi connectivity index (χ4n) is 4.68. The number of hydrogen-bond acceptors (Lipinski definition) is 6. The molecule has 9 nitrogen and oxygen atoms in total. The number of carbonyl (C=O) groups is 2. The van der Waals surface area contributed by atoms with Crippen molar-refractivity contribution in [2.75, 3.05) is 33.3 Å². The molecule has 5 rings (SSSR count). The van der Waals surface area contributed by atoms with Crippen molar-refractivity contribution in [3.8, 4) is 17.0 Å². The van der Waals surface area contributed by atoms with Gasteiger partial charge in [0.2, 0.25) is 11.8 Å². The molecule has 1 aromatic carbocycles. The summed E-state index contributed by atoms with van der Waals surface area (Å²) in [5, 5.41) is 14.3. The Morgan fingerprint density at radius 2 is 1.97 bits per heavy atom. The first-order valence-corrected chi connectivity index (χ1v) is 10.8. The van der Waals surface area contributed by atoms with Crippen molar-refractivity contribution >= 4 is 11.8 Å². The molecular formula is C22H30N6O3. The average molecular weight is 427 g/mol. The van der Waals surface area contributed by atoms with Crippen molar-refractivity contribution < 1.29 is 14.3 Å². The van der Waals surface area contributed by atoms with E-state index in [1.165, 1.54) is 6.92 Å². The fraction of sp³-hybridized carbons (Fsp3) is 0.545. The first kappa shape index (κ1) is 21.3. The molecule has 3 fully saturated rings. The van der Waals surface area contributed by atoms with Gasteiger partial charge < -0.3 is 15.4 Å². The number of fused-ring (bicyclic) bond motifs is 3. The van der Waals surface area contributed by atoms with Crippen LogP contribution in [0.2, 0.25) is 0 Å².